The molecule has 0 spiro atoms. The third-order valence-electron chi connectivity index (χ3n) is 2.60. The lowest BCUT2D eigenvalue weighted by Gasteiger charge is -2.11. The van der Waals surface area contributed by atoms with Crippen LogP contribution in [0.15, 0.2) is 38.7 Å². The van der Waals surface area contributed by atoms with Crippen molar-refractivity contribution in [2.24, 2.45) is 0 Å². The number of rotatable bonds is 3. The zero-order chi connectivity index (χ0) is 13.3. The molecule has 1 aromatic heterocycles. The lowest BCUT2D eigenvalue weighted by atomic mass is 10.4. The summed E-state index contributed by atoms with van der Waals surface area (Å²) < 4.78 is 3.06. The first-order valence-electron chi connectivity index (χ1n) is 5.77. The van der Waals surface area contributed by atoms with Crippen LogP contribution in [0.25, 0.3) is 0 Å². The summed E-state index contributed by atoms with van der Waals surface area (Å²) in [5, 5.41) is 5.50. The molecule has 5 heteroatoms. The number of nitrogen functional groups attached to an aromatic ring is 1. The molecular weight excluding hydrogens is 310 g/mol. The van der Waals surface area contributed by atoms with E-state index in [1.54, 1.807) is 11.8 Å². The monoisotopic (exact) mass is 325 g/mol. The molecule has 3 nitrogen and oxygen atoms in total. The van der Waals surface area contributed by atoms with Gasteiger partial charge in [0, 0.05) is 15.4 Å². The van der Waals surface area contributed by atoms with Gasteiger partial charge in [-0.05, 0) is 45.0 Å². The highest BCUT2D eigenvalue weighted by Crippen LogP contribution is 2.35. The summed E-state index contributed by atoms with van der Waals surface area (Å²) in [6, 6.07) is 8.50. The molecule has 0 saturated carbocycles. The molecule has 0 aliphatic rings. The maximum atomic E-state index is 6.11. The Morgan fingerprint density at radius 2 is 1.89 bits per heavy atom. The third kappa shape index (κ3) is 2.72. The van der Waals surface area contributed by atoms with Crippen LogP contribution < -0.4 is 5.73 Å². The number of nitrogens with two attached hydrogens (primary N) is 1. The molecule has 0 amide bonds. The third-order valence-corrected chi connectivity index (χ3v) is 4.24. The van der Waals surface area contributed by atoms with Crippen LogP contribution in [0, 0.1) is 6.92 Å². The summed E-state index contributed by atoms with van der Waals surface area (Å²) in [7, 11) is 0. The first-order valence-corrected chi connectivity index (χ1v) is 7.38. The van der Waals surface area contributed by atoms with Crippen LogP contribution in [-0.4, -0.2) is 9.78 Å². The second-order valence-corrected chi connectivity index (χ2v) is 6.38. The van der Waals surface area contributed by atoms with E-state index in [1.165, 1.54) is 0 Å². The van der Waals surface area contributed by atoms with Crippen molar-refractivity contribution in [3.63, 3.8) is 0 Å². The fraction of sp³-hybridized carbons (Fsp3) is 0.308. The van der Waals surface area contributed by atoms with Gasteiger partial charge < -0.3 is 5.73 Å². The second kappa shape index (κ2) is 5.36. The highest BCUT2D eigenvalue weighted by molar-refractivity contribution is 9.10. The van der Waals surface area contributed by atoms with Crippen molar-refractivity contribution in [2.75, 3.05) is 5.73 Å². The van der Waals surface area contributed by atoms with Gasteiger partial charge in [-0.15, -0.1) is 0 Å². The Morgan fingerprint density at radius 1 is 1.28 bits per heavy atom. The van der Waals surface area contributed by atoms with Crippen molar-refractivity contribution >= 4 is 33.4 Å². The van der Waals surface area contributed by atoms with Crippen molar-refractivity contribution in [3.8, 4) is 0 Å². The Kier molecular flexibility index (Phi) is 4.02. The van der Waals surface area contributed by atoms with E-state index >= 15 is 0 Å². The first kappa shape index (κ1) is 13.5. The molecule has 18 heavy (non-hydrogen) atoms. The standard InChI is InChI=1S/C13H16BrN3S/c1-8(2)17-13(12(15)9(3)16-17)18-11-6-4-10(14)5-7-11/h4-8H,15H2,1-3H3. The Bertz CT molecular complexity index is 546. The van der Waals surface area contributed by atoms with Gasteiger partial charge in [-0.1, -0.05) is 27.7 Å². The largest absolute Gasteiger partial charge is 0.395 e. The summed E-state index contributed by atoms with van der Waals surface area (Å²) >= 11 is 5.09. The van der Waals surface area contributed by atoms with Gasteiger partial charge in [0.15, 0.2) is 0 Å². The van der Waals surface area contributed by atoms with Gasteiger partial charge >= 0.3 is 0 Å². The maximum absolute atomic E-state index is 6.11. The fourth-order valence-corrected chi connectivity index (χ4v) is 2.97. The number of aryl methyl sites for hydroxylation is 1. The number of anilines is 1. The summed E-state index contributed by atoms with van der Waals surface area (Å²) in [5.74, 6) is 0. The molecule has 2 aromatic rings. The number of benzene rings is 1. The summed E-state index contributed by atoms with van der Waals surface area (Å²) in [5.41, 5.74) is 7.77. The van der Waals surface area contributed by atoms with Crippen molar-refractivity contribution in [1.82, 2.24) is 9.78 Å². The minimum Gasteiger partial charge on any atom is -0.395 e. The molecule has 0 aliphatic heterocycles. The highest BCUT2D eigenvalue weighted by atomic mass is 79.9. The second-order valence-electron chi connectivity index (χ2n) is 4.40. The molecular formula is C13H16BrN3S. The minimum atomic E-state index is 0.305. The average molecular weight is 326 g/mol. The zero-order valence-electron chi connectivity index (χ0n) is 10.6. The summed E-state index contributed by atoms with van der Waals surface area (Å²) in [4.78, 5) is 1.16. The van der Waals surface area contributed by atoms with Gasteiger partial charge in [-0.25, -0.2) is 0 Å². The zero-order valence-corrected chi connectivity index (χ0v) is 13.0. The van der Waals surface area contributed by atoms with E-state index in [1.807, 2.05) is 23.7 Å². The average Bonchev–Trinajstić information content (AvgIpc) is 2.60. The molecule has 0 radical (unpaired) electrons. The number of hydrogen-bond acceptors (Lipinski definition) is 3. The van der Waals surface area contributed by atoms with Gasteiger partial charge in [0.1, 0.15) is 5.03 Å². The molecule has 0 aliphatic carbocycles. The Labute approximate surface area is 120 Å². The van der Waals surface area contributed by atoms with Gasteiger partial charge in [0.25, 0.3) is 0 Å². The summed E-state index contributed by atoms with van der Waals surface area (Å²) in [6.07, 6.45) is 0. The van der Waals surface area contributed by atoms with Crippen LogP contribution in [-0.2, 0) is 0 Å². The van der Waals surface area contributed by atoms with Crippen LogP contribution in [0.2, 0.25) is 0 Å². The Morgan fingerprint density at radius 3 is 2.44 bits per heavy atom. The van der Waals surface area contributed by atoms with Crippen LogP contribution in [0.5, 0.6) is 0 Å². The van der Waals surface area contributed by atoms with Crippen LogP contribution in [0.3, 0.4) is 0 Å². The number of nitrogens with zero attached hydrogens (tertiary/aromatic N) is 2. The van der Waals surface area contributed by atoms with E-state index in [0.717, 1.165) is 25.8 Å². The normalized spacial score (nSPS) is 11.2. The molecule has 1 heterocycles. The summed E-state index contributed by atoms with van der Waals surface area (Å²) in [6.45, 7) is 6.16. The van der Waals surface area contributed by atoms with Crippen LogP contribution >= 0.6 is 27.7 Å². The molecule has 0 bridgehead atoms. The van der Waals surface area contributed by atoms with Gasteiger partial charge in [-0.2, -0.15) is 5.10 Å². The quantitative estimate of drug-likeness (QED) is 0.916. The van der Waals surface area contributed by atoms with E-state index < -0.39 is 0 Å². The highest BCUT2D eigenvalue weighted by Gasteiger charge is 2.15. The SMILES string of the molecule is Cc1nn(C(C)C)c(Sc2ccc(Br)cc2)c1N. The molecule has 0 saturated heterocycles. The van der Waals surface area contributed by atoms with Crippen LogP contribution in [0.1, 0.15) is 25.6 Å². The fourth-order valence-electron chi connectivity index (χ4n) is 1.61. The van der Waals surface area contributed by atoms with Crippen molar-refractivity contribution in [2.45, 2.75) is 36.7 Å². The Balaban J connectivity index is 2.36. The number of halogens is 1. The van der Waals surface area contributed by atoms with Crippen LogP contribution in [0.4, 0.5) is 5.69 Å². The molecule has 0 unspecified atom stereocenters. The molecule has 2 rings (SSSR count). The van der Waals surface area contributed by atoms with Gasteiger partial charge in [-0.3, -0.25) is 4.68 Å². The molecule has 0 fully saturated rings. The molecule has 0 atom stereocenters. The van der Waals surface area contributed by atoms with Crippen molar-refractivity contribution in [3.05, 3.63) is 34.4 Å². The lowest BCUT2D eigenvalue weighted by Crippen LogP contribution is -2.04. The molecule has 2 N–H and O–H groups in total. The van der Waals surface area contributed by atoms with Gasteiger partial charge in [0.05, 0.1) is 11.4 Å². The van der Waals surface area contributed by atoms with Gasteiger partial charge in [0.2, 0.25) is 0 Å². The van der Waals surface area contributed by atoms with E-state index in [4.69, 9.17) is 5.73 Å². The Hall–Kier alpha value is -0.940. The van der Waals surface area contributed by atoms with E-state index in [2.05, 4.69) is 47.0 Å². The maximum Gasteiger partial charge on any atom is 0.122 e. The molecule has 96 valence electrons. The predicted molar refractivity (Wildman–Crippen MR) is 80.0 cm³/mol. The minimum absolute atomic E-state index is 0.305. The van der Waals surface area contributed by atoms with E-state index in [0.29, 0.717) is 6.04 Å². The van der Waals surface area contributed by atoms with E-state index in [-0.39, 0.29) is 0 Å². The first-order chi connectivity index (χ1) is 8.49. The topological polar surface area (TPSA) is 43.8 Å². The van der Waals surface area contributed by atoms with E-state index in [9.17, 15) is 0 Å². The predicted octanol–water partition coefficient (Wildman–Crippen LogP) is 4.27. The molecule has 1 aromatic carbocycles. The van der Waals surface area contributed by atoms with Crippen molar-refractivity contribution in [1.29, 1.82) is 0 Å². The number of aromatic nitrogens is 2. The lowest BCUT2D eigenvalue weighted by molar-refractivity contribution is 0.491. The van der Waals surface area contributed by atoms with Crippen molar-refractivity contribution < 1.29 is 0 Å². The smallest absolute Gasteiger partial charge is 0.122 e. The number of hydrogen-bond donors (Lipinski definition) is 1.